The first kappa shape index (κ1) is 17.4. The molecule has 0 aliphatic rings. The lowest BCUT2D eigenvalue weighted by atomic mass is 10.1. The average molecular weight is 313 g/mol. The van der Waals surface area contributed by atoms with Gasteiger partial charge in [-0.3, -0.25) is 9.98 Å². The van der Waals surface area contributed by atoms with E-state index in [1.807, 2.05) is 18.2 Å². The molecule has 1 heterocycles. The fraction of sp³-hybridized carbons (Fsp3) is 0.538. The number of nitrogens with two attached hydrogens (primary N) is 1. The van der Waals surface area contributed by atoms with Crippen molar-refractivity contribution < 1.29 is 8.42 Å². The highest BCUT2D eigenvalue weighted by molar-refractivity contribution is 7.88. The fourth-order valence-corrected chi connectivity index (χ4v) is 2.81. The fourth-order valence-electron chi connectivity index (χ4n) is 1.74. The largest absolute Gasteiger partial charge is 0.370 e. The molecule has 0 unspecified atom stereocenters. The van der Waals surface area contributed by atoms with Gasteiger partial charge in [-0.1, -0.05) is 6.07 Å². The molecule has 1 rings (SSSR count). The third-order valence-electron chi connectivity index (χ3n) is 2.52. The molecule has 118 valence electrons. The Balaban J connectivity index is 2.39. The van der Waals surface area contributed by atoms with Gasteiger partial charge in [-0.25, -0.2) is 13.1 Å². The normalized spacial score (nSPS) is 13.2. The quantitative estimate of drug-likeness (QED) is 0.479. The molecule has 0 aliphatic heterocycles. The Morgan fingerprint density at radius 2 is 2.14 bits per heavy atom. The van der Waals surface area contributed by atoms with E-state index in [2.05, 4.69) is 20.0 Å². The van der Waals surface area contributed by atoms with E-state index in [-0.39, 0.29) is 12.5 Å². The van der Waals surface area contributed by atoms with Gasteiger partial charge in [-0.15, -0.1) is 0 Å². The van der Waals surface area contributed by atoms with E-state index in [0.717, 1.165) is 18.4 Å². The summed E-state index contributed by atoms with van der Waals surface area (Å²) in [6, 6.07) is 5.73. The number of hydrogen-bond acceptors (Lipinski definition) is 4. The summed E-state index contributed by atoms with van der Waals surface area (Å²) in [7, 11) is -3.27. The van der Waals surface area contributed by atoms with Gasteiger partial charge >= 0.3 is 0 Å². The summed E-state index contributed by atoms with van der Waals surface area (Å²) >= 11 is 0. The highest BCUT2D eigenvalue weighted by Crippen LogP contribution is 2.04. The number of aromatic nitrogens is 1. The molecule has 1 aromatic rings. The van der Waals surface area contributed by atoms with Crippen molar-refractivity contribution in [3.05, 3.63) is 30.1 Å². The van der Waals surface area contributed by atoms with Crippen LogP contribution in [0.4, 0.5) is 0 Å². The predicted molar refractivity (Wildman–Crippen MR) is 84.5 cm³/mol. The maximum atomic E-state index is 11.2. The molecule has 7 nitrogen and oxygen atoms in total. The van der Waals surface area contributed by atoms with Crippen molar-refractivity contribution in [2.24, 2.45) is 10.7 Å². The van der Waals surface area contributed by atoms with Gasteiger partial charge < -0.3 is 11.1 Å². The molecule has 0 aromatic carbocycles. The Morgan fingerprint density at radius 1 is 1.43 bits per heavy atom. The third kappa shape index (κ3) is 8.26. The molecule has 0 fully saturated rings. The van der Waals surface area contributed by atoms with Gasteiger partial charge in [0.1, 0.15) is 0 Å². The summed E-state index contributed by atoms with van der Waals surface area (Å²) in [6.45, 7) is 4.37. The monoisotopic (exact) mass is 313 g/mol. The number of pyridine rings is 1. The first-order chi connectivity index (χ1) is 9.68. The molecule has 21 heavy (non-hydrogen) atoms. The zero-order chi connectivity index (χ0) is 15.9. The zero-order valence-electron chi connectivity index (χ0n) is 12.6. The van der Waals surface area contributed by atoms with Gasteiger partial charge in [0.2, 0.25) is 10.0 Å². The van der Waals surface area contributed by atoms with Crippen LogP contribution in [-0.4, -0.2) is 44.2 Å². The van der Waals surface area contributed by atoms with Crippen LogP contribution in [0.3, 0.4) is 0 Å². The third-order valence-corrected chi connectivity index (χ3v) is 3.44. The highest BCUT2D eigenvalue weighted by Gasteiger charge is 2.21. The van der Waals surface area contributed by atoms with Crippen LogP contribution in [-0.2, 0) is 16.4 Å². The Labute approximate surface area is 126 Å². The molecule has 0 saturated heterocycles. The molecule has 0 aliphatic carbocycles. The molecule has 1 aromatic heterocycles. The van der Waals surface area contributed by atoms with Crippen LogP contribution in [0.1, 0.15) is 19.5 Å². The summed E-state index contributed by atoms with van der Waals surface area (Å²) in [5.74, 6) is 0.286. The van der Waals surface area contributed by atoms with Gasteiger partial charge in [-0.2, -0.15) is 0 Å². The Bertz CT molecular complexity index is 569. The molecule has 0 saturated carbocycles. The molecule has 0 atom stereocenters. The van der Waals surface area contributed by atoms with E-state index >= 15 is 0 Å². The van der Waals surface area contributed by atoms with Crippen LogP contribution in [0.5, 0.6) is 0 Å². The minimum Gasteiger partial charge on any atom is -0.370 e. The molecular formula is C13H23N5O2S. The summed E-state index contributed by atoms with van der Waals surface area (Å²) in [4.78, 5) is 8.35. The average Bonchev–Trinajstić information content (AvgIpc) is 2.35. The van der Waals surface area contributed by atoms with Crippen molar-refractivity contribution in [3.63, 3.8) is 0 Å². The molecule has 0 spiro atoms. The van der Waals surface area contributed by atoms with Crippen LogP contribution in [0.25, 0.3) is 0 Å². The van der Waals surface area contributed by atoms with Gasteiger partial charge in [-0.05, 0) is 26.0 Å². The van der Waals surface area contributed by atoms with Crippen molar-refractivity contribution in [1.29, 1.82) is 0 Å². The lowest BCUT2D eigenvalue weighted by molar-refractivity contribution is 0.465. The van der Waals surface area contributed by atoms with Crippen molar-refractivity contribution in [2.45, 2.75) is 25.8 Å². The smallest absolute Gasteiger partial charge is 0.209 e. The SMILES string of the molecule is CC(C)(CN=C(N)NCCc1ccccn1)NS(C)(=O)=O. The Hall–Kier alpha value is -1.67. The van der Waals surface area contributed by atoms with Crippen LogP contribution in [0.15, 0.2) is 29.4 Å². The number of aliphatic imine (C=N–C) groups is 1. The van der Waals surface area contributed by atoms with Crippen LogP contribution < -0.4 is 15.8 Å². The molecular weight excluding hydrogens is 290 g/mol. The Morgan fingerprint density at radius 3 is 2.71 bits per heavy atom. The van der Waals surface area contributed by atoms with Crippen molar-refractivity contribution in [2.75, 3.05) is 19.3 Å². The van der Waals surface area contributed by atoms with E-state index < -0.39 is 15.6 Å². The standard InChI is InChI=1S/C13H23N5O2S/c1-13(2,18-21(3,19)20)10-17-12(14)16-9-7-11-6-4-5-8-15-11/h4-6,8,18H,7,9-10H2,1-3H3,(H3,14,16,17). The lowest BCUT2D eigenvalue weighted by Crippen LogP contribution is -2.46. The van der Waals surface area contributed by atoms with Gasteiger partial charge in [0.15, 0.2) is 5.96 Å². The maximum absolute atomic E-state index is 11.2. The second-order valence-corrected chi connectivity index (χ2v) is 7.21. The number of nitrogens with zero attached hydrogens (tertiary/aromatic N) is 2. The van der Waals surface area contributed by atoms with Crippen LogP contribution >= 0.6 is 0 Å². The van der Waals surface area contributed by atoms with Crippen LogP contribution in [0.2, 0.25) is 0 Å². The van der Waals surface area contributed by atoms with Crippen molar-refractivity contribution >= 4 is 16.0 Å². The molecule has 0 amide bonds. The Kier molecular flexibility index (Phi) is 6.10. The first-order valence-corrected chi connectivity index (χ1v) is 8.50. The van der Waals surface area contributed by atoms with Crippen LogP contribution in [0, 0.1) is 0 Å². The van der Waals surface area contributed by atoms with Gasteiger partial charge in [0.05, 0.1) is 12.8 Å². The van der Waals surface area contributed by atoms with E-state index in [4.69, 9.17) is 5.73 Å². The number of sulfonamides is 1. The first-order valence-electron chi connectivity index (χ1n) is 6.61. The minimum absolute atomic E-state index is 0.252. The van der Waals surface area contributed by atoms with Crippen molar-refractivity contribution in [1.82, 2.24) is 15.0 Å². The van der Waals surface area contributed by atoms with E-state index in [0.29, 0.717) is 6.54 Å². The van der Waals surface area contributed by atoms with E-state index in [9.17, 15) is 8.42 Å². The molecule has 8 heteroatoms. The zero-order valence-corrected chi connectivity index (χ0v) is 13.4. The summed E-state index contributed by atoms with van der Waals surface area (Å²) < 4.78 is 24.9. The topological polar surface area (TPSA) is 109 Å². The number of guanidine groups is 1. The highest BCUT2D eigenvalue weighted by atomic mass is 32.2. The van der Waals surface area contributed by atoms with E-state index in [1.165, 1.54) is 0 Å². The second kappa shape index (κ2) is 7.37. The molecule has 4 N–H and O–H groups in total. The lowest BCUT2D eigenvalue weighted by Gasteiger charge is -2.22. The predicted octanol–water partition coefficient (Wildman–Crippen LogP) is -0.144. The number of nitrogens with one attached hydrogen (secondary N) is 2. The summed E-state index contributed by atoms with van der Waals surface area (Å²) in [5, 5.41) is 2.98. The minimum atomic E-state index is -3.27. The summed E-state index contributed by atoms with van der Waals surface area (Å²) in [5.41, 5.74) is 6.04. The molecule has 0 radical (unpaired) electrons. The number of rotatable bonds is 7. The maximum Gasteiger partial charge on any atom is 0.209 e. The molecule has 0 bridgehead atoms. The second-order valence-electron chi connectivity index (χ2n) is 5.46. The van der Waals surface area contributed by atoms with Gasteiger partial charge in [0, 0.05) is 30.4 Å². The van der Waals surface area contributed by atoms with E-state index in [1.54, 1.807) is 20.0 Å². The number of hydrogen-bond donors (Lipinski definition) is 3. The summed E-state index contributed by atoms with van der Waals surface area (Å²) in [6.07, 6.45) is 3.60. The van der Waals surface area contributed by atoms with Crippen molar-refractivity contribution in [3.8, 4) is 0 Å². The van der Waals surface area contributed by atoms with Gasteiger partial charge in [0.25, 0.3) is 0 Å².